The van der Waals surface area contributed by atoms with Crippen molar-refractivity contribution >= 4 is 6.29 Å². The molecule has 0 amide bonds. The van der Waals surface area contributed by atoms with Crippen molar-refractivity contribution < 1.29 is 14.3 Å². The maximum absolute atomic E-state index is 10.6. The highest BCUT2D eigenvalue weighted by atomic mass is 16.5. The van der Waals surface area contributed by atoms with Gasteiger partial charge in [-0.05, 0) is 12.1 Å². The van der Waals surface area contributed by atoms with E-state index >= 15 is 0 Å². The van der Waals surface area contributed by atoms with Crippen molar-refractivity contribution in [3.63, 3.8) is 0 Å². The standard InChI is InChI=1S/C10H11NO3/c12-6-8-2-1-4-11-10(8)14-9-3-5-13-7-9/h1-2,4,6,9H,3,5,7H2/t9-/m1/s1. The first-order chi connectivity index (χ1) is 6.90. The largest absolute Gasteiger partial charge is 0.471 e. The van der Waals surface area contributed by atoms with Crippen LogP contribution in [-0.4, -0.2) is 30.6 Å². The molecular formula is C10H11NO3. The summed E-state index contributed by atoms with van der Waals surface area (Å²) in [5, 5.41) is 0. The SMILES string of the molecule is O=Cc1cccnc1O[C@@H]1CCOC1. The van der Waals surface area contributed by atoms with Crippen LogP contribution in [0, 0.1) is 0 Å². The second-order valence-electron chi connectivity index (χ2n) is 3.12. The third kappa shape index (κ3) is 1.90. The molecule has 14 heavy (non-hydrogen) atoms. The lowest BCUT2D eigenvalue weighted by Crippen LogP contribution is -2.17. The van der Waals surface area contributed by atoms with Gasteiger partial charge in [-0.3, -0.25) is 4.79 Å². The van der Waals surface area contributed by atoms with E-state index < -0.39 is 0 Å². The zero-order valence-electron chi connectivity index (χ0n) is 7.68. The summed E-state index contributed by atoms with van der Waals surface area (Å²) in [4.78, 5) is 14.7. The van der Waals surface area contributed by atoms with Gasteiger partial charge in [-0.2, -0.15) is 0 Å². The quantitative estimate of drug-likeness (QED) is 0.673. The zero-order valence-corrected chi connectivity index (χ0v) is 7.68. The van der Waals surface area contributed by atoms with Gasteiger partial charge in [-0.1, -0.05) is 0 Å². The Bertz CT molecular complexity index is 321. The van der Waals surface area contributed by atoms with Crippen molar-refractivity contribution in [2.75, 3.05) is 13.2 Å². The molecule has 1 aliphatic heterocycles. The Balaban J connectivity index is 2.10. The summed E-state index contributed by atoms with van der Waals surface area (Å²) in [6.45, 7) is 1.29. The lowest BCUT2D eigenvalue weighted by Gasteiger charge is -2.11. The summed E-state index contributed by atoms with van der Waals surface area (Å²) in [5.41, 5.74) is 0.486. The number of nitrogens with zero attached hydrogens (tertiary/aromatic N) is 1. The number of pyridine rings is 1. The molecule has 4 heteroatoms. The van der Waals surface area contributed by atoms with E-state index in [1.54, 1.807) is 18.3 Å². The number of carbonyl (C=O) groups excluding carboxylic acids is 1. The average Bonchev–Trinajstić information content (AvgIpc) is 2.71. The highest BCUT2D eigenvalue weighted by Crippen LogP contribution is 2.17. The predicted molar refractivity (Wildman–Crippen MR) is 49.5 cm³/mol. The van der Waals surface area contributed by atoms with Crippen LogP contribution in [0.2, 0.25) is 0 Å². The first-order valence-corrected chi connectivity index (χ1v) is 4.55. The predicted octanol–water partition coefficient (Wildman–Crippen LogP) is 1.06. The normalized spacial score (nSPS) is 20.7. The lowest BCUT2D eigenvalue weighted by molar-refractivity contribution is 0.110. The van der Waals surface area contributed by atoms with Gasteiger partial charge >= 0.3 is 0 Å². The molecule has 0 radical (unpaired) electrons. The summed E-state index contributed by atoms with van der Waals surface area (Å²) in [5.74, 6) is 0.401. The molecule has 1 aromatic heterocycles. The van der Waals surface area contributed by atoms with Gasteiger partial charge in [0.1, 0.15) is 6.10 Å². The molecule has 2 heterocycles. The van der Waals surface area contributed by atoms with E-state index in [4.69, 9.17) is 9.47 Å². The van der Waals surface area contributed by atoms with Crippen molar-refractivity contribution in [1.82, 2.24) is 4.98 Å². The first kappa shape index (κ1) is 9.15. The molecule has 4 nitrogen and oxygen atoms in total. The number of aldehydes is 1. The van der Waals surface area contributed by atoms with Gasteiger partial charge in [0.2, 0.25) is 5.88 Å². The second-order valence-corrected chi connectivity index (χ2v) is 3.12. The van der Waals surface area contributed by atoms with E-state index in [0.29, 0.717) is 24.7 Å². The smallest absolute Gasteiger partial charge is 0.224 e. The molecule has 74 valence electrons. The summed E-state index contributed by atoms with van der Waals surface area (Å²) >= 11 is 0. The Labute approximate surface area is 81.9 Å². The minimum absolute atomic E-state index is 0.0311. The minimum Gasteiger partial charge on any atom is -0.471 e. The molecule has 0 spiro atoms. The lowest BCUT2D eigenvalue weighted by atomic mass is 10.3. The van der Waals surface area contributed by atoms with Gasteiger partial charge in [0.05, 0.1) is 18.8 Å². The fourth-order valence-corrected chi connectivity index (χ4v) is 1.36. The number of ether oxygens (including phenoxy) is 2. The number of carbonyl (C=O) groups is 1. The monoisotopic (exact) mass is 193 g/mol. The van der Waals surface area contributed by atoms with Crippen LogP contribution in [0.25, 0.3) is 0 Å². The van der Waals surface area contributed by atoms with Crippen LogP contribution in [0.5, 0.6) is 5.88 Å². The van der Waals surface area contributed by atoms with Crippen molar-refractivity contribution in [2.45, 2.75) is 12.5 Å². The molecule has 2 rings (SSSR count). The van der Waals surface area contributed by atoms with Crippen molar-refractivity contribution in [3.05, 3.63) is 23.9 Å². The number of rotatable bonds is 3. The van der Waals surface area contributed by atoms with Gasteiger partial charge < -0.3 is 9.47 Å². The molecular weight excluding hydrogens is 182 g/mol. The third-order valence-corrected chi connectivity index (χ3v) is 2.09. The van der Waals surface area contributed by atoms with Crippen molar-refractivity contribution in [1.29, 1.82) is 0 Å². The Hall–Kier alpha value is -1.42. The Morgan fingerprint density at radius 1 is 1.64 bits per heavy atom. The summed E-state index contributed by atoms with van der Waals surface area (Å²) in [6.07, 6.45) is 3.24. The van der Waals surface area contributed by atoms with E-state index in [9.17, 15) is 4.79 Å². The molecule has 1 aromatic rings. The molecule has 0 aliphatic carbocycles. The fourth-order valence-electron chi connectivity index (χ4n) is 1.36. The third-order valence-electron chi connectivity index (χ3n) is 2.09. The van der Waals surface area contributed by atoms with Crippen LogP contribution in [0.3, 0.4) is 0 Å². The van der Waals surface area contributed by atoms with Crippen molar-refractivity contribution in [3.8, 4) is 5.88 Å². The van der Waals surface area contributed by atoms with Crippen LogP contribution in [-0.2, 0) is 4.74 Å². The Morgan fingerprint density at radius 3 is 3.29 bits per heavy atom. The highest BCUT2D eigenvalue weighted by molar-refractivity contribution is 5.77. The molecule has 0 aromatic carbocycles. The molecule has 1 saturated heterocycles. The maximum atomic E-state index is 10.6. The summed E-state index contributed by atoms with van der Waals surface area (Å²) < 4.78 is 10.7. The molecule has 1 atom stereocenters. The molecule has 1 aliphatic rings. The highest BCUT2D eigenvalue weighted by Gasteiger charge is 2.18. The number of aromatic nitrogens is 1. The molecule has 0 saturated carbocycles. The molecule has 0 N–H and O–H groups in total. The topological polar surface area (TPSA) is 48.4 Å². The van der Waals surface area contributed by atoms with Gasteiger partial charge in [0.15, 0.2) is 6.29 Å². The molecule has 1 fully saturated rings. The van der Waals surface area contributed by atoms with E-state index in [1.807, 2.05) is 0 Å². The summed E-state index contributed by atoms with van der Waals surface area (Å²) in [7, 11) is 0. The average molecular weight is 193 g/mol. The zero-order chi connectivity index (χ0) is 9.80. The Morgan fingerprint density at radius 2 is 2.57 bits per heavy atom. The van der Waals surface area contributed by atoms with Crippen LogP contribution in [0.4, 0.5) is 0 Å². The van der Waals surface area contributed by atoms with E-state index in [0.717, 1.165) is 12.7 Å². The number of hydrogen-bond acceptors (Lipinski definition) is 4. The van der Waals surface area contributed by atoms with Crippen LogP contribution < -0.4 is 4.74 Å². The molecule has 0 unspecified atom stereocenters. The van der Waals surface area contributed by atoms with Crippen molar-refractivity contribution in [2.24, 2.45) is 0 Å². The minimum atomic E-state index is 0.0311. The second kappa shape index (κ2) is 4.19. The summed E-state index contributed by atoms with van der Waals surface area (Å²) in [6, 6.07) is 3.40. The van der Waals surface area contributed by atoms with Crippen LogP contribution in [0.1, 0.15) is 16.8 Å². The van der Waals surface area contributed by atoms with Gasteiger partial charge in [-0.25, -0.2) is 4.98 Å². The first-order valence-electron chi connectivity index (χ1n) is 4.55. The van der Waals surface area contributed by atoms with Gasteiger partial charge in [-0.15, -0.1) is 0 Å². The van der Waals surface area contributed by atoms with Gasteiger partial charge in [0.25, 0.3) is 0 Å². The fraction of sp³-hybridized carbons (Fsp3) is 0.400. The van der Waals surface area contributed by atoms with E-state index in [1.165, 1.54) is 0 Å². The van der Waals surface area contributed by atoms with Crippen LogP contribution >= 0.6 is 0 Å². The van der Waals surface area contributed by atoms with Crippen LogP contribution in [0.15, 0.2) is 18.3 Å². The maximum Gasteiger partial charge on any atom is 0.224 e. The number of hydrogen-bond donors (Lipinski definition) is 0. The van der Waals surface area contributed by atoms with Gasteiger partial charge in [0, 0.05) is 12.6 Å². The van der Waals surface area contributed by atoms with E-state index in [2.05, 4.69) is 4.98 Å². The molecule has 0 bridgehead atoms. The Kier molecular flexibility index (Phi) is 2.74. The van der Waals surface area contributed by atoms with E-state index in [-0.39, 0.29) is 6.10 Å².